The summed E-state index contributed by atoms with van der Waals surface area (Å²) in [6.45, 7) is 6.41. The summed E-state index contributed by atoms with van der Waals surface area (Å²) in [6, 6.07) is 0.316. The molecule has 1 amide bonds. The molecule has 1 aliphatic heterocycles. The SMILES string of the molecule is C=CC(=O)N1CCCC1Cc1nc(C)cs1. The maximum absolute atomic E-state index is 11.6. The molecule has 86 valence electrons. The normalized spacial score (nSPS) is 20.1. The Balaban J connectivity index is 2.03. The van der Waals surface area contributed by atoms with Crippen LogP contribution in [0.3, 0.4) is 0 Å². The molecule has 1 unspecified atom stereocenters. The number of aromatic nitrogens is 1. The lowest BCUT2D eigenvalue weighted by molar-refractivity contribution is -0.126. The van der Waals surface area contributed by atoms with Crippen LogP contribution in [0, 0.1) is 6.92 Å². The summed E-state index contributed by atoms with van der Waals surface area (Å²) in [4.78, 5) is 18.0. The van der Waals surface area contributed by atoms with Crippen molar-refractivity contribution in [3.63, 3.8) is 0 Å². The minimum atomic E-state index is 0.0516. The zero-order chi connectivity index (χ0) is 11.5. The van der Waals surface area contributed by atoms with Gasteiger partial charge in [0.25, 0.3) is 0 Å². The van der Waals surface area contributed by atoms with E-state index in [4.69, 9.17) is 0 Å². The Bertz CT molecular complexity index is 399. The summed E-state index contributed by atoms with van der Waals surface area (Å²) in [5.74, 6) is 0.0516. The maximum atomic E-state index is 11.6. The van der Waals surface area contributed by atoms with E-state index in [1.54, 1.807) is 11.3 Å². The molecule has 0 aliphatic carbocycles. The summed E-state index contributed by atoms with van der Waals surface area (Å²) in [5.41, 5.74) is 1.07. The van der Waals surface area contributed by atoms with Gasteiger partial charge in [-0.1, -0.05) is 6.58 Å². The molecule has 0 radical (unpaired) electrons. The number of rotatable bonds is 3. The first-order valence-electron chi connectivity index (χ1n) is 5.54. The van der Waals surface area contributed by atoms with Crippen molar-refractivity contribution in [2.75, 3.05) is 6.54 Å². The minimum Gasteiger partial charge on any atom is -0.336 e. The molecule has 0 saturated carbocycles. The van der Waals surface area contributed by atoms with Gasteiger partial charge in [0.15, 0.2) is 0 Å². The molecule has 0 N–H and O–H groups in total. The van der Waals surface area contributed by atoms with E-state index in [0.717, 1.165) is 36.5 Å². The Morgan fingerprint density at radius 1 is 1.81 bits per heavy atom. The van der Waals surface area contributed by atoms with Crippen molar-refractivity contribution in [3.05, 3.63) is 28.7 Å². The molecule has 1 fully saturated rings. The Morgan fingerprint density at radius 2 is 2.62 bits per heavy atom. The van der Waals surface area contributed by atoms with Gasteiger partial charge in [-0.2, -0.15) is 0 Å². The molecule has 1 aliphatic rings. The number of carbonyl (C=O) groups excluding carboxylic acids is 1. The minimum absolute atomic E-state index is 0.0516. The summed E-state index contributed by atoms with van der Waals surface area (Å²) < 4.78 is 0. The Morgan fingerprint density at radius 3 is 3.25 bits per heavy atom. The third-order valence-corrected chi connectivity index (χ3v) is 3.90. The first-order chi connectivity index (χ1) is 7.70. The Kier molecular flexibility index (Phi) is 3.39. The second kappa shape index (κ2) is 4.78. The Labute approximate surface area is 99.8 Å². The fraction of sp³-hybridized carbons (Fsp3) is 0.500. The summed E-state index contributed by atoms with van der Waals surface area (Å²) in [7, 11) is 0. The molecule has 1 aromatic heterocycles. The number of amides is 1. The van der Waals surface area contributed by atoms with E-state index in [2.05, 4.69) is 16.9 Å². The second-order valence-electron chi connectivity index (χ2n) is 4.12. The smallest absolute Gasteiger partial charge is 0.246 e. The van der Waals surface area contributed by atoms with Crippen LogP contribution in [0.4, 0.5) is 0 Å². The molecule has 0 aromatic carbocycles. The standard InChI is InChI=1S/C12H16N2OS/c1-3-12(15)14-6-4-5-10(14)7-11-13-9(2)8-16-11/h3,8,10H,1,4-7H2,2H3. The number of hydrogen-bond acceptors (Lipinski definition) is 3. The van der Waals surface area contributed by atoms with Crippen LogP contribution in [-0.4, -0.2) is 28.4 Å². The largest absolute Gasteiger partial charge is 0.336 e. The maximum Gasteiger partial charge on any atom is 0.246 e. The van der Waals surface area contributed by atoms with Crippen LogP contribution in [0.25, 0.3) is 0 Å². The lowest BCUT2D eigenvalue weighted by Crippen LogP contribution is -2.35. The van der Waals surface area contributed by atoms with Gasteiger partial charge in [0.05, 0.1) is 5.01 Å². The average molecular weight is 236 g/mol. The van der Waals surface area contributed by atoms with Gasteiger partial charge in [-0.05, 0) is 25.8 Å². The summed E-state index contributed by atoms with van der Waals surface area (Å²) in [6.07, 6.45) is 4.47. The lowest BCUT2D eigenvalue weighted by atomic mass is 10.1. The van der Waals surface area contributed by atoms with Crippen LogP contribution in [0.5, 0.6) is 0 Å². The number of aryl methyl sites for hydroxylation is 1. The molecule has 3 nitrogen and oxygen atoms in total. The number of nitrogens with zero attached hydrogens (tertiary/aromatic N) is 2. The van der Waals surface area contributed by atoms with Gasteiger partial charge < -0.3 is 4.90 Å². The fourth-order valence-electron chi connectivity index (χ4n) is 2.15. The van der Waals surface area contributed by atoms with E-state index in [1.165, 1.54) is 6.08 Å². The number of carbonyl (C=O) groups is 1. The van der Waals surface area contributed by atoms with Crippen LogP contribution in [0.1, 0.15) is 23.5 Å². The predicted octanol–water partition coefficient (Wildman–Crippen LogP) is 2.17. The first kappa shape index (κ1) is 11.3. The van der Waals surface area contributed by atoms with Gasteiger partial charge >= 0.3 is 0 Å². The van der Waals surface area contributed by atoms with Gasteiger partial charge in [-0.25, -0.2) is 4.98 Å². The van der Waals surface area contributed by atoms with E-state index < -0.39 is 0 Å². The molecule has 1 saturated heterocycles. The summed E-state index contributed by atoms with van der Waals surface area (Å²) >= 11 is 1.68. The molecule has 2 rings (SSSR count). The average Bonchev–Trinajstić information content (AvgIpc) is 2.87. The van der Waals surface area contributed by atoms with Crippen LogP contribution in [-0.2, 0) is 11.2 Å². The van der Waals surface area contributed by atoms with Crippen molar-refractivity contribution in [2.24, 2.45) is 0 Å². The van der Waals surface area contributed by atoms with E-state index in [1.807, 2.05) is 11.8 Å². The van der Waals surface area contributed by atoms with Gasteiger partial charge in [-0.15, -0.1) is 11.3 Å². The molecule has 16 heavy (non-hydrogen) atoms. The number of hydrogen-bond donors (Lipinski definition) is 0. The van der Waals surface area contributed by atoms with Crippen molar-refractivity contribution in [2.45, 2.75) is 32.2 Å². The Hall–Kier alpha value is -1.16. The molecular weight excluding hydrogens is 220 g/mol. The topological polar surface area (TPSA) is 33.2 Å². The monoisotopic (exact) mass is 236 g/mol. The van der Waals surface area contributed by atoms with E-state index in [0.29, 0.717) is 6.04 Å². The van der Waals surface area contributed by atoms with Crippen molar-refractivity contribution >= 4 is 17.2 Å². The van der Waals surface area contributed by atoms with E-state index in [9.17, 15) is 4.79 Å². The highest BCUT2D eigenvalue weighted by atomic mass is 32.1. The van der Waals surface area contributed by atoms with E-state index >= 15 is 0 Å². The zero-order valence-corrected chi connectivity index (χ0v) is 10.3. The predicted molar refractivity (Wildman–Crippen MR) is 65.5 cm³/mol. The van der Waals surface area contributed by atoms with Crippen LogP contribution in [0.2, 0.25) is 0 Å². The van der Waals surface area contributed by atoms with Crippen molar-refractivity contribution < 1.29 is 4.79 Å². The van der Waals surface area contributed by atoms with Crippen LogP contribution < -0.4 is 0 Å². The summed E-state index contributed by atoms with van der Waals surface area (Å²) in [5, 5.41) is 3.19. The first-order valence-corrected chi connectivity index (χ1v) is 6.42. The van der Waals surface area contributed by atoms with Gasteiger partial charge in [0, 0.05) is 30.1 Å². The highest BCUT2D eigenvalue weighted by Crippen LogP contribution is 2.22. The molecule has 0 spiro atoms. The van der Waals surface area contributed by atoms with Gasteiger partial charge in [-0.3, -0.25) is 4.79 Å². The van der Waals surface area contributed by atoms with Crippen molar-refractivity contribution in [1.82, 2.24) is 9.88 Å². The molecule has 2 heterocycles. The molecule has 1 aromatic rings. The molecule has 1 atom stereocenters. The van der Waals surface area contributed by atoms with Crippen molar-refractivity contribution in [1.29, 1.82) is 0 Å². The zero-order valence-electron chi connectivity index (χ0n) is 9.48. The highest BCUT2D eigenvalue weighted by Gasteiger charge is 2.27. The highest BCUT2D eigenvalue weighted by molar-refractivity contribution is 7.09. The second-order valence-corrected chi connectivity index (χ2v) is 5.06. The molecular formula is C12H16N2OS. The molecule has 0 bridgehead atoms. The lowest BCUT2D eigenvalue weighted by Gasteiger charge is -2.22. The molecule has 4 heteroatoms. The third-order valence-electron chi connectivity index (χ3n) is 2.91. The van der Waals surface area contributed by atoms with Gasteiger partial charge in [0.2, 0.25) is 5.91 Å². The number of likely N-dealkylation sites (tertiary alicyclic amines) is 1. The van der Waals surface area contributed by atoms with Crippen LogP contribution in [0.15, 0.2) is 18.0 Å². The number of thiazole rings is 1. The van der Waals surface area contributed by atoms with Gasteiger partial charge in [0.1, 0.15) is 0 Å². The third kappa shape index (κ3) is 2.32. The van der Waals surface area contributed by atoms with Crippen LogP contribution >= 0.6 is 11.3 Å². The quantitative estimate of drug-likeness (QED) is 0.754. The fourth-order valence-corrected chi connectivity index (χ4v) is 3.00. The van der Waals surface area contributed by atoms with Crippen molar-refractivity contribution in [3.8, 4) is 0 Å². The van der Waals surface area contributed by atoms with E-state index in [-0.39, 0.29) is 5.91 Å².